The van der Waals surface area contributed by atoms with E-state index in [1.54, 1.807) is 11.8 Å². The monoisotopic (exact) mass is 374 g/mol. The predicted octanol–water partition coefficient (Wildman–Crippen LogP) is 4.32. The lowest BCUT2D eigenvalue weighted by atomic mass is 10.0. The highest BCUT2D eigenvalue weighted by atomic mass is 79.9. The summed E-state index contributed by atoms with van der Waals surface area (Å²) >= 11 is 5.17. The van der Waals surface area contributed by atoms with E-state index in [2.05, 4.69) is 32.5 Å². The molecule has 2 aliphatic heterocycles. The molecule has 0 radical (unpaired) electrons. The number of hydrogen-bond donors (Lipinski definition) is 1. The molecule has 1 N–H and O–H groups in total. The van der Waals surface area contributed by atoms with Crippen molar-refractivity contribution in [2.24, 2.45) is 5.10 Å². The minimum atomic E-state index is -0.0342. The zero-order valence-corrected chi connectivity index (χ0v) is 13.8. The fourth-order valence-electron chi connectivity index (χ4n) is 2.42. The average Bonchev–Trinajstić information content (AvgIpc) is 2.53. The number of nitrogens with zero attached hydrogens (tertiary/aromatic N) is 1. The zero-order valence-electron chi connectivity index (χ0n) is 11.4. The maximum absolute atomic E-state index is 11.2. The van der Waals surface area contributed by atoms with Gasteiger partial charge >= 0.3 is 0 Å². The molecule has 0 aromatic heterocycles. The number of carbonyl (C=O) groups is 1. The van der Waals surface area contributed by atoms with Crippen LogP contribution in [0, 0.1) is 0 Å². The van der Waals surface area contributed by atoms with Gasteiger partial charge in [-0.15, -0.1) is 0 Å². The number of amides is 1. The second-order valence-corrected chi connectivity index (χ2v) is 7.05. The molecule has 2 aliphatic rings. The van der Waals surface area contributed by atoms with E-state index in [4.69, 9.17) is 4.74 Å². The van der Waals surface area contributed by atoms with Crippen LogP contribution in [0.5, 0.6) is 11.5 Å². The first-order valence-electron chi connectivity index (χ1n) is 6.84. The highest BCUT2D eigenvalue weighted by Gasteiger charge is 2.20. The summed E-state index contributed by atoms with van der Waals surface area (Å²) in [6.07, 6.45) is 1.13. The van der Waals surface area contributed by atoms with Crippen LogP contribution in [-0.2, 0) is 4.79 Å². The van der Waals surface area contributed by atoms with E-state index in [1.165, 1.54) is 0 Å². The topological polar surface area (TPSA) is 50.7 Å². The van der Waals surface area contributed by atoms with Crippen molar-refractivity contribution < 1.29 is 9.53 Å². The van der Waals surface area contributed by atoms with Gasteiger partial charge in [0, 0.05) is 22.9 Å². The first kappa shape index (κ1) is 13.8. The van der Waals surface area contributed by atoms with Gasteiger partial charge in [-0.1, -0.05) is 33.8 Å². The minimum Gasteiger partial charge on any atom is -0.455 e. The summed E-state index contributed by atoms with van der Waals surface area (Å²) in [4.78, 5) is 13.4. The smallest absolute Gasteiger partial charge is 0.240 e. The van der Waals surface area contributed by atoms with E-state index in [0.29, 0.717) is 12.8 Å². The van der Waals surface area contributed by atoms with Crippen LogP contribution >= 0.6 is 27.7 Å². The van der Waals surface area contributed by atoms with Gasteiger partial charge in [0.2, 0.25) is 5.91 Å². The Balaban J connectivity index is 1.68. The average molecular weight is 375 g/mol. The first-order valence-corrected chi connectivity index (χ1v) is 8.45. The van der Waals surface area contributed by atoms with Gasteiger partial charge in [0.1, 0.15) is 11.5 Å². The maximum atomic E-state index is 11.2. The molecule has 2 aromatic rings. The summed E-state index contributed by atoms with van der Waals surface area (Å²) in [6.45, 7) is 0. The van der Waals surface area contributed by atoms with Gasteiger partial charge in [0.15, 0.2) is 0 Å². The van der Waals surface area contributed by atoms with Crippen molar-refractivity contribution in [1.29, 1.82) is 0 Å². The van der Waals surface area contributed by atoms with Crippen molar-refractivity contribution in [3.05, 3.63) is 46.4 Å². The number of carbonyl (C=O) groups excluding carboxylic acids is 1. The van der Waals surface area contributed by atoms with E-state index in [9.17, 15) is 4.79 Å². The molecule has 0 bridgehead atoms. The molecule has 4 nitrogen and oxygen atoms in total. The van der Waals surface area contributed by atoms with Gasteiger partial charge in [-0.25, -0.2) is 5.43 Å². The van der Waals surface area contributed by atoms with Crippen LogP contribution in [0.2, 0.25) is 0 Å². The van der Waals surface area contributed by atoms with Gasteiger partial charge in [-0.3, -0.25) is 4.79 Å². The summed E-state index contributed by atoms with van der Waals surface area (Å²) in [5, 5.41) is 4.13. The summed E-state index contributed by atoms with van der Waals surface area (Å²) in [5.74, 6) is 1.65. The lowest BCUT2D eigenvalue weighted by Gasteiger charge is -2.21. The highest BCUT2D eigenvalue weighted by Crippen LogP contribution is 2.48. The number of ether oxygens (including phenoxy) is 1. The molecule has 6 heteroatoms. The Morgan fingerprint density at radius 1 is 1.09 bits per heavy atom. The molecule has 0 unspecified atom stereocenters. The molecule has 0 atom stereocenters. The van der Waals surface area contributed by atoms with Crippen LogP contribution < -0.4 is 10.2 Å². The van der Waals surface area contributed by atoms with Crippen LogP contribution in [0.4, 0.5) is 0 Å². The molecular weight excluding hydrogens is 364 g/mol. The SMILES string of the molecule is O=C1CCC(c2ccc3c(c2)Oc2ccc(Br)cc2S3)=NN1. The molecule has 0 spiro atoms. The fraction of sp³-hybridized carbons (Fsp3) is 0.125. The molecule has 2 heterocycles. The molecule has 2 aromatic carbocycles. The van der Waals surface area contributed by atoms with Crippen molar-refractivity contribution in [1.82, 2.24) is 5.43 Å². The van der Waals surface area contributed by atoms with Crippen LogP contribution in [0.15, 0.2) is 55.8 Å². The summed E-state index contributed by atoms with van der Waals surface area (Å²) in [5.41, 5.74) is 4.40. The standard InChI is InChI=1S/C16H11BrN2O2S/c17-10-2-4-12-15(8-10)22-14-5-1-9(7-13(14)21-12)11-3-6-16(20)19-18-11/h1-2,4-5,7-8H,3,6H2,(H,19,20). The Morgan fingerprint density at radius 3 is 2.82 bits per heavy atom. The van der Waals surface area contributed by atoms with Gasteiger partial charge < -0.3 is 4.74 Å². The fourth-order valence-corrected chi connectivity index (χ4v) is 3.90. The third kappa shape index (κ3) is 2.53. The lowest BCUT2D eigenvalue weighted by molar-refractivity contribution is -0.121. The van der Waals surface area contributed by atoms with Gasteiger partial charge in [-0.2, -0.15) is 5.10 Å². The molecule has 0 saturated heterocycles. The van der Waals surface area contributed by atoms with Crippen molar-refractivity contribution >= 4 is 39.3 Å². The van der Waals surface area contributed by atoms with Gasteiger partial charge in [0.05, 0.1) is 15.5 Å². The molecule has 0 fully saturated rings. The van der Waals surface area contributed by atoms with E-state index in [0.717, 1.165) is 37.0 Å². The van der Waals surface area contributed by atoms with E-state index in [-0.39, 0.29) is 5.91 Å². The largest absolute Gasteiger partial charge is 0.455 e. The van der Waals surface area contributed by atoms with Crippen LogP contribution in [-0.4, -0.2) is 11.6 Å². The second kappa shape index (κ2) is 5.44. The van der Waals surface area contributed by atoms with Gasteiger partial charge in [0.25, 0.3) is 0 Å². The van der Waals surface area contributed by atoms with Gasteiger partial charge in [-0.05, 0) is 30.3 Å². The number of halogens is 1. The molecule has 1 amide bonds. The third-order valence-corrected chi connectivity index (χ3v) is 5.12. The van der Waals surface area contributed by atoms with E-state index in [1.807, 2.05) is 30.3 Å². The summed E-state index contributed by atoms with van der Waals surface area (Å²) in [6, 6.07) is 12.0. The Kier molecular flexibility index (Phi) is 3.43. The zero-order chi connectivity index (χ0) is 15.1. The molecule has 0 aliphatic carbocycles. The number of rotatable bonds is 1. The summed E-state index contributed by atoms with van der Waals surface area (Å²) < 4.78 is 7.04. The predicted molar refractivity (Wildman–Crippen MR) is 88.7 cm³/mol. The number of fused-ring (bicyclic) bond motifs is 2. The molecular formula is C16H11BrN2O2S. The van der Waals surface area contributed by atoms with Crippen LogP contribution in [0.25, 0.3) is 0 Å². The quantitative estimate of drug-likeness (QED) is 0.689. The molecule has 22 heavy (non-hydrogen) atoms. The minimum absolute atomic E-state index is 0.0342. The molecule has 0 saturated carbocycles. The normalized spacial score (nSPS) is 16.0. The maximum Gasteiger partial charge on any atom is 0.240 e. The first-order chi connectivity index (χ1) is 10.7. The van der Waals surface area contributed by atoms with Crippen molar-refractivity contribution in [2.75, 3.05) is 0 Å². The molecule has 4 rings (SSSR count). The summed E-state index contributed by atoms with van der Waals surface area (Å²) in [7, 11) is 0. The van der Waals surface area contributed by atoms with Crippen molar-refractivity contribution in [3.63, 3.8) is 0 Å². The molecule has 110 valence electrons. The number of nitrogens with one attached hydrogen (secondary N) is 1. The number of hydrogen-bond acceptors (Lipinski definition) is 4. The van der Waals surface area contributed by atoms with Crippen LogP contribution in [0.1, 0.15) is 18.4 Å². The third-order valence-electron chi connectivity index (χ3n) is 3.53. The van der Waals surface area contributed by atoms with Crippen LogP contribution in [0.3, 0.4) is 0 Å². The van der Waals surface area contributed by atoms with Crippen molar-refractivity contribution in [3.8, 4) is 11.5 Å². The highest BCUT2D eigenvalue weighted by molar-refractivity contribution is 9.10. The van der Waals surface area contributed by atoms with E-state index < -0.39 is 0 Å². The Morgan fingerprint density at radius 2 is 2.00 bits per heavy atom. The Hall–Kier alpha value is -1.79. The van der Waals surface area contributed by atoms with E-state index >= 15 is 0 Å². The number of benzene rings is 2. The lowest BCUT2D eigenvalue weighted by Crippen LogP contribution is -2.25. The second-order valence-electron chi connectivity index (χ2n) is 5.05. The van der Waals surface area contributed by atoms with Crippen molar-refractivity contribution in [2.45, 2.75) is 22.6 Å². The Labute approximate surface area is 140 Å². The Bertz CT molecular complexity index is 820. The number of hydrazone groups is 1.